The van der Waals surface area contributed by atoms with Gasteiger partial charge in [-0.15, -0.1) is 3.89 Å². The van der Waals surface area contributed by atoms with E-state index in [1.165, 1.54) is 48.5 Å². The molecule has 1 N–H and O–H groups in total. The van der Waals surface area contributed by atoms with Gasteiger partial charge in [0.15, 0.2) is 0 Å². The molecule has 0 saturated heterocycles. The molecule has 0 atom stereocenters. The van der Waals surface area contributed by atoms with Crippen LogP contribution in [0.1, 0.15) is 12.0 Å². The van der Waals surface area contributed by atoms with Crippen LogP contribution in [0.2, 0.25) is 0 Å². The zero-order valence-corrected chi connectivity index (χ0v) is 14.2. The van der Waals surface area contributed by atoms with Crippen LogP contribution in [0.3, 0.4) is 0 Å². The summed E-state index contributed by atoms with van der Waals surface area (Å²) in [6.45, 7) is 0.301. The van der Waals surface area contributed by atoms with Gasteiger partial charge in [-0.05, 0) is 42.7 Å². The Morgan fingerprint density at radius 3 is 2.27 bits per heavy atom. The standard InChI is InChI=1S/C16H15FN2O6S/c17-26(23,24)15-9-3-12(4-10-15)2-1-11-18-16(20)25-14-7-5-13(6-8-14)19(21)22/h3-10H,1-2,11H2,(H,18,20). The van der Waals surface area contributed by atoms with E-state index in [0.717, 1.165) is 5.56 Å². The average Bonchev–Trinajstić information content (AvgIpc) is 2.59. The molecule has 0 radical (unpaired) electrons. The van der Waals surface area contributed by atoms with E-state index in [2.05, 4.69) is 5.32 Å². The molecule has 138 valence electrons. The molecule has 8 nitrogen and oxygen atoms in total. The maximum atomic E-state index is 12.8. The fourth-order valence-electron chi connectivity index (χ4n) is 2.08. The molecule has 0 aliphatic rings. The van der Waals surface area contributed by atoms with Crippen LogP contribution in [0.5, 0.6) is 5.75 Å². The van der Waals surface area contributed by atoms with Gasteiger partial charge in [0.2, 0.25) is 0 Å². The Balaban J connectivity index is 1.73. The number of non-ortho nitro benzene ring substituents is 1. The van der Waals surface area contributed by atoms with Gasteiger partial charge in [0.05, 0.1) is 9.82 Å². The maximum Gasteiger partial charge on any atom is 0.412 e. The number of rotatable bonds is 7. The molecule has 2 aromatic rings. The van der Waals surface area contributed by atoms with E-state index in [-0.39, 0.29) is 11.4 Å². The molecule has 0 aliphatic heterocycles. The largest absolute Gasteiger partial charge is 0.412 e. The zero-order chi connectivity index (χ0) is 19.2. The first-order valence-corrected chi connectivity index (χ1v) is 8.88. The Kier molecular flexibility index (Phi) is 6.23. The Bertz CT molecular complexity index is 882. The number of hydrogen-bond acceptors (Lipinski definition) is 6. The number of hydrogen-bond donors (Lipinski definition) is 1. The molecule has 1 amide bonds. The van der Waals surface area contributed by atoms with Crippen LogP contribution in [0.25, 0.3) is 0 Å². The molecule has 0 fully saturated rings. The number of halogens is 1. The number of nitro benzene ring substituents is 1. The minimum atomic E-state index is -4.70. The average molecular weight is 382 g/mol. The van der Waals surface area contributed by atoms with Gasteiger partial charge in [0, 0.05) is 18.7 Å². The van der Waals surface area contributed by atoms with Crippen LogP contribution < -0.4 is 10.1 Å². The first-order valence-electron chi connectivity index (χ1n) is 7.49. The molecule has 0 heterocycles. The van der Waals surface area contributed by atoms with E-state index in [0.29, 0.717) is 19.4 Å². The number of aryl methyl sites for hydroxylation is 1. The molecule has 0 aromatic heterocycles. The normalized spacial score (nSPS) is 11.0. The molecule has 0 spiro atoms. The minimum absolute atomic E-state index is 0.107. The highest BCUT2D eigenvalue weighted by molar-refractivity contribution is 7.86. The van der Waals surface area contributed by atoms with Gasteiger partial charge in [-0.1, -0.05) is 12.1 Å². The lowest BCUT2D eigenvalue weighted by Crippen LogP contribution is -2.27. The second-order valence-electron chi connectivity index (χ2n) is 5.25. The molecule has 26 heavy (non-hydrogen) atoms. The summed E-state index contributed by atoms with van der Waals surface area (Å²) < 4.78 is 39.2. The fraction of sp³-hybridized carbons (Fsp3) is 0.188. The number of nitrogens with zero attached hydrogens (tertiary/aromatic N) is 1. The fourth-order valence-corrected chi connectivity index (χ4v) is 2.54. The van der Waals surface area contributed by atoms with E-state index in [1.807, 2.05) is 0 Å². The topological polar surface area (TPSA) is 116 Å². The predicted octanol–water partition coefficient (Wildman–Crippen LogP) is 2.97. The van der Waals surface area contributed by atoms with Crippen LogP contribution >= 0.6 is 0 Å². The summed E-state index contributed by atoms with van der Waals surface area (Å²) in [7, 11) is -4.70. The minimum Gasteiger partial charge on any atom is -0.410 e. The summed E-state index contributed by atoms with van der Waals surface area (Å²) in [4.78, 5) is 21.2. The van der Waals surface area contributed by atoms with E-state index in [4.69, 9.17) is 4.74 Å². The van der Waals surface area contributed by atoms with Gasteiger partial charge >= 0.3 is 16.3 Å². The van der Waals surface area contributed by atoms with Crippen molar-refractivity contribution in [3.8, 4) is 5.75 Å². The van der Waals surface area contributed by atoms with Gasteiger partial charge in [0.1, 0.15) is 5.75 Å². The highest BCUT2D eigenvalue weighted by Crippen LogP contribution is 2.17. The first-order chi connectivity index (χ1) is 12.3. The Hall–Kier alpha value is -3.01. The summed E-state index contributed by atoms with van der Waals surface area (Å²) in [5, 5.41) is 13.1. The first kappa shape index (κ1) is 19.3. The van der Waals surface area contributed by atoms with E-state index < -0.39 is 26.1 Å². The van der Waals surface area contributed by atoms with E-state index in [1.54, 1.807) is 0 Å². The highest BCUT2D eigenvalue weighted by Gasteiger charge is 2.11. The zero-order valence-electron chi connectivity index (χ0n) is 13.4. The molecule has 10 heteroatoms. The smallest absolute Gasteiger partial charge is 0.410 e. The second kappa shape index (κ2) is 8.39. The van der Waals surface area contributed by atoms with Crippen molar-refractivity contribution in [1.82, 2.24) is 5.32 Å². The van der Waals surface area contributed by atoms with Gasteiger partial charge in [-0.2, -0.15) is 8.42 Å². The van der Waals surface area contributed by atoms with Crippen LogP contribution in [0.15, 0.2) is 53.4 Å². The number of benzene rings is 2. The van der Waals surface area contributed by atoms with E-state index >= 15 is 0 Å². The van der Waals surface area contributed by atoms with Crippen LogP contribution in [-0.4, -0.2) is 26.0 Å². The number of carbonyl (C=O) groups is 1. The van der Waals surface area contributed by atoms with Crippen molar-refractivity contribution in [2.24, 2.45) is 0 Å². The molecule has 0 aliphatic carbocycles. The van der Waals surface area contributed by atoms with Gasteiger partial charge in [0.25, 0.3) is 5.69 Å². The molecule has 2 aromatic carbocycles. The number of carbonyl (C=O) groups excluding carboxylic acids is 1. The molecular formula is C16H15FN2O6S. The lowest BCUT2D eigenvalue weighted by atomic mass is 10.1. The maximum absolute atomic E-state index is 12.8. The lowest BCUT2D eigenvalue weighted by molar-refractivity contribution is -0.384. The van der Waals surface area contributed by atoms with Crippen LogP contribution in [0, 0.1) is 10.1 Å². The van der Waals surface area contributed by atoms with Gasteiger partial charge in [-0.3, -0.25) is 10.1 Å². The van der Waals surface area contributed by atoms with Crippen molar-refractivity contribution < 1.29 is 26.8 Å². The van der Waals surface area contributed by atoms with Crippen LogP contribution in [-0.2, 0) is 16.6 Å². The van der Waals surface area contributed by atoms with Gasteiger partial charge in [-0.25, -0.2) is 4.79 Å². The number of ether oxygens (including phenoxy) is 1. The van der Waals surface area contributed by atoms with Crippen molar-refractivity contribution in [3.05, 3.63) is 64.2 Å². The quantitative estimate of drug-likeness (QED) is 0.341. The van der Waals surface area contributed by atoms with Crippen LogP contribution in [0.4, 0.5) is 14.4 Å². The highest BCUT2D eigenvalue weighted by atomic mass is 32.3. The number of nitrogens with one attached hydrogen (secondary N) is 1. The molecule has 0 bridgehead atoms. The monoisotopic (exact) mass is 382 g/mol. The van der Waals surface area contributed by atoms with Crippen molar-refractivity contribution in [3.63, 3.8) is 0 Å². The third-order valence-corrected chi connectivity index (χ3v) is 4.21. The molecular weight excluding hydrogens is 367 g/mol. The van der Waals surface area contributed by atoms with Crippen molar-refractivity contribution >= 4 is 22.0 Å². The van der Waals surface area contributed by atoms with Gasteiger partial charge < -0.3 is 10.1 Å². The van der Waals surface area contributed by atoms with Crippen molar-refractivity contribution in [2.45, 2.75) is 17.7 Å². The van der Waals surface area contributed by atoms with Crippen molar-refractivity contribution in [2.75, 3.05) is 6.54 Å². The second-order valence-corrected chi connectivity index (χ2v) is 6.60. The van der Waals surface area contributed by atoms with Crippen molar-refractivity contribution in [1.29, 1.82) is 0 Å². The summed E-state index contributed by atoms with van der Waals surface area (Å²) in [5.41, 5.74) is 0.687. The molecule has 0 unspecified atom stereocenters. The third-order valence-electron chi connectivity index (χ3n) is 3.37. The predicted molar refractivity (Wildman–Crippen MR) is 90.2 cm³/mol. The SMILES string of the molecule is O=C(NCCCc1ccc(S(=O)(=O)F)cc1)Oc1ccc([N+](=O)[O-])cc1. The Labute approximate surface area is 149 Å². The molecule has 0 saturated carbocycles. The summed E-state index contributed by atoms with van der Waals surface area (Å²) in [5.74, 6) is 0.177. The lowest BCUT2D eigenvalue weighted by Gasteiger charge is -2.07. The summed E-state index contributed by atoms with van der Waals surface area (Å²) >= 11 is 0. The molecule has 2 rings (SSSR count). The Morgan fingerprint density at radius 1 is 1.12 bits per heavy atom. The Morgan fingerprint density at radius 2 is 1.73 bits per heavy atom. The number of amides is 1. The third kappa shape index (κ3) is 5.81. The summed E-state index contributed by atoms with van der Waals surface area (Å²) in [6, 6.07) is 10.5. The number of nitro groups is 1. The van der Waals surface area contributed by atoms with E-state index in [9.17, 15) is 27.2 Å². The summed E-state index contributed by atoms with van der Waals surface area (Å²) in [6.07, 6.45) is 0.402.